The van der Waals surface area contributed by atoms with Crippen LogP contribution >= 0.6 is 56.7 Å². The highest BCUT2D eigenvalue weighted by Crippen LogP contribution is 2.30. The van der Waals surface area contributed by atoms with Crippen molar-refractivity contribution in [2.75, 3.05) is 0 Å². The van der Waals surface area contributed by atoms with Gasteiger partial charge in [0.1, 0.15) is 33.1 Å². The summed E-state index contributed by atoms with van der Waals surface area (Å²) in [5.41, 5.74) is 15.4. The Morgan fingerprint density at radius 1 is 0.302 bits per heavy atom. The van der Waals surface area contributed by atoms with E-state index in [1.54, 1.807) is 11.3 Å². The van der Waals surface area contributed by atoms with Gasteiger partial charge in [-0.1, -0.05) is 191 Å². The van der Waals surface area contributed by atoms with Crippen LogP contribution in [0.4, 0.5) is 13.2 Å². The highest BCUT2D eigenvalue weighted by molar-refractivity contribution is 7.14. The van der Waals surface area contributed by atoms with E-state index >= 15 is 0 Å². The Kier molecular flexibility index (Phi) is 21.0. The molecular weight excluding hydrogens is 1290 g/mol. The smallest absolute Gasteiger partial charge is 0.243 e. The number of para-hydroxylation sites is 6. The third-order valence-corrected chi connectivity index (χ3v) is 21.7. The maximum absolute atomic E-state index is 12.9. The van der Waals surface area contributed by atoms with Crippen LogP contribution < -0.4 is 27.2 Å². The van der Waals surface area contributed by atoms with E-state index in [0.29, 0.717) is 5.56 Å². The lowest BCUT2D eigenvalue weighted by atomic mass is 10.1. The number of halogens is 3. The van der Waals surface area contributed by atoms with Crippen LogP contribution in [0.2, 0.25) is 0 Å². The van der Waals surface area contributed by atoms with Crippen LogP contribution in [0.25, 0.3) is 103 Å². The molecule has 0 atom stereocenters. The molecule has 0 unspecified atom stereocenters. The molecule has 0 radical (unpaired) electrons. The Bertz CT molecular complexity index is 5360. The van der Waals surface area contributed by atoms with Crippen LogP contribution in [0.3, 0.4) is 0 Å². The summed E-state index contributed by atoms with van der Waals surface area (Å²) in [7, 11) is 0. The van der Waals surface area contributed by atoms with Gasteiger partial charge in [-0.2, -0.15) is 13.2 Å². The van der Waals surface area contributed by atoms with E-state index in [2.05, 4.69) is 153 Å². The van der Waals surface area contributed by atoms with Crippen LogP contribution in [0.5, 0.6) is 0 Å². The van der Waals surface area contributed by atoms with Gasteiger partial charge in [0.15, 0.2) is 0 Å². The van der Waals surface area contributed by atoms with Crippen LogP contribution in [0.1, 0.15) is 118 Å². The summed E-state index contributed by atoms with van der Waals surface area (Å²) in [6.45, 7) is 6.58. The van der Waals surface area contributed by atoms with Gasteiger partial charge in [-0.05, 0) is 164 Å². The van der Waals surface area contributed by atoms with E-state index < -0.39 is 11.7 Å². The number of aryl methyl sites for hydroxylation is 3. The zero-order valence-electron chi connectivity index (χ0n) is 53.5. The van der Waals surface area contributed by atoms with Crippen molar-refractivity contribution in [1.29, 1.82) is 0 Å². The van der Waals surface area contributed by atoms with Crippen molar-refractivity contribution in [2.24, 2.45) is 0 Å². The number of benzene rings is 7. The number of nitrogens with zero attached hydrogens (tertiary/aromatic N) is 6. The van der Waals surface area contributed by atoms with Gasteiger partial charge in [0.2, 0.25) is 0 Å². The highest BCUT2D eigenvalue weighted by Gasteiger charge is 2.30. The summed E-state index contributed by atoms with van der Waals surface area (Å²) < 4.78 is 45.2. The average molecular weight is 1360 g/mol. The Hall–Kier alpha value is -9.15. The number of fused-ring (bicyclic) bond motifs is 6. The second kappa shape index (κ2) is 30.7. The fraction of sp³-hybridized carbons (Fsp3) is 0.171. The van der Waals surface area contributed by atoms with Crippen molar-refractivity contribution in [2.45, 2.75) is 91.2 Å². The molecule has 0 aliphatic rings. The van der Waals surface area contributed by atoms with E-state index in [1.165, 1.54) is 133 Å². The predicted octanol–water partition coefficient (Wildman–Crippen LogP) is 19.2. The molecule has 15 aromatic rings. The molecule has 0 saturated carbocycles. The first-order valence-electron chi connectivity index (χ1n) is 32.6. The lowest BCUT2D eigenvalue weighted by Gasteiger charge is -2.05. The van der Waals surface area contributed by atoms with Gasteiger partial charge in [0, 0.05) is 19.5 Å². The number of rotatable bonds is 16. The largest absolute Gasteiger partial charge is 0.416 e. The maximum atomic E-state index is 12.9. The number of hydrogen-bond acceptors (Lipinski definition) is 11. The lowest BCUT2D eigenvalue weighted by Crippen LogP contribution is -2.04. The summed E-state index contributed by atoms with van der Waals surface area (Å²) in [6.07, 6.45) is 21.5. The van der Waals surface area contributed by atoms with E-state index in [4.69, 9.17) is 29.9 Å². The summed E-state index contributed by atoms with van der Waals surface area (Å²) >= 11 is 8.92. The van der Waals surface area contributed by atoms with Gasteiger partial charge >= 0.3 is 6.18 Å². The van der Waals surface area contributed by atoms with Gasteiger partial charge in [-0.25, -0.2) is 29.9 Å². The molecular formula is C82H69F3N6S5. The second-order valence-corrected chi connectivity index (χ2v) is 29.3. The van der Waals surface area contributed by atoms with E-state index in [1.807, 2.05) is 120 Å². The van der Waals surface area contributed by atoms with E-state index in [9.17, 15) is 13.2 Å². The minimum Gasteiger partial charge on any atom is -0.243 e. The van der Waals surface area contributed by atoms with Gasteiger partial charge in [0.25, 0.3) is 0 Å². The monoisotopic (exact) mass is 1350 g/mol. The van der Waals surface area contributed by atoms with Crippen molar-refractivity contribution >= 4 is 159 Å². The first-order chi connectivity index (χ1) is 47.0. The zero-order chi connectivity index (χ0) is 65.8. The van der Waals surface area contributed by atoms with E-state index in [0.717, 1.165) is 102 Å². The van der Waals surface area contributed by atoms with Crippen LogP contribution in [0, 0.1) is 6.92 Å². The average Bonchev–Trinajstić information content (AvgIpc) is 1.63. The molecule has 8 aromatic heterocycles. The molecule has 0 amide bonds. The maximum Gasteiger partial charge on any atom is 0.416 e. The highest BCUT2D eigenvalue weighted by atomic mass is 32.1. The molecule has 0 aliphatic carbocycles. The lowest BCUT2D eigenvalue weighted by molar-refractivity contribution is -0.137. The van der Waals surface area contributed by atoms with Crippen LogP contribution in [0.15, 0.2) is 206 Å². The first-order valence-corrected chi connectivity index (χ1v) is 36.7. The Morgan fingerprint density at radius 3 is 0.906 bits per heavy atom. The van der Waals surface area contributed by atoms with E-state index in [-0.39, 0.29) is 0 Å². The third kappa shape index (κ3) is 16.2. The molecule has 14 heteroatoms. The number of thiophene rings is 5. The fourth-order valence-electron chi connectivity index (χ4n) is 11.3. The minimum atomic E-state index is -4.35. The van der Waals surface area contributed by atoms with Crippen LogP contribution in [-0.2, 0) is 19.0 Å². The molecule has 96 heavy (non-hydrogen) atoms. The molecule has 0 bridgehead atoms. The summed E-state index contributed by atoms with van der Waals surface area (Å²) in [5, 5.41) is 0. The SMILES string of the molecule is C(/c1ccccc1)=c1/s/c(=C\c2ccccc2)c2nc3ccccc3nc12.CCCCCCc1ccc(/C=c2\s/c(=C\c3ccc(CCCCCC)s3)c3nc4ccccc4nc23)s1.Cc1ccc(/C=c2\s/c(=C\c3ccc(C(F)(F)F)cc3)c3nc4ccccc4nc23)cc1. The molecule has 0 saturated heterocycles. The van der Waals surface area contributed by atoms with Crippen molar-refractivity contribution in [3.63, 3.8) is 0 Å². The van der Waals surface area contributed by atoms with Gasteiger partial charge < -0.3 is 0 Å². The fourth-order valence-corrected chi connectivity index (χ4v) is 16.8. The molecule has 8 heterocycles. The third-order valence-electron chi connectivity index (χ3n) is 16.3. The van der Waals surface area contributed by atoms with Gasteiger partial charge in [0.05, 0.1) is 65.9 Å². The molecule has 0 spiro atoms. The molecule has 7 aromatic carbocycles. The second-order valence-electron chi connectivity index (χ2n) is 23.7. The summed E-state index contributed by atoms with van der Waals surface area (Å²) in [4.78, 5) is 35.3. The summed E-state index contributed by atoms with van der Waals surface area (Å²) in [6, 6.07) is 67.2. The molecule has 0 fully saturated rings. The minimum absolute atomic E-state index is 0.662. The quantitative estimate of drug-likeness (QED) is 0.0897. The molecule has 15 rings (SSSR count). The standard InChI is InChI=1S/C32H36N2S3.C26H17F3N2S.C24H16N2S/c1-3-5-7-9-13-23-17-19-25(35-23)21-29-31-32(34-28-16-12-11-15-27(28)33-31)30(37-29)22-26-20-18-24(36-26)14-10-8-6-4-2;1-16-6-8-17(9-7-16)14-22-24-25(31-21-5-3-2-4-20(21)30-24)23(32-22)15-18-10-12-19(13-11-18)26(27,28)29;1-3-9-17(10-4-1)15-21-23-24(26-20-14-8-7-13-19(20)25-23)22(27-21)16-18-11-5-2-6-12-18/h11-12,15-22H,3-10,13-14H2,1-2H3;2-15H,1H3;1-16H/b29-21-,30-22-;22-14-,23-15-;21-15-,22-16-. The molecule has 0 N–H and O–H groups in total. The topological polar surface area (TPSA) is 77.3 Å². The zero-order valence-corrected chi connectivity index (χ0v) is 57.6. The van der Waals surface area contributed by atoms with Crippen molar-refractivity contribution in [1.82, 2.24) is 29.9 Å². The van der Waals surface area contributed by atoms with Crippen molar-refractivity contribution < 1.29 is 13.2 Å². The van der Waals surface area contributed by atoms with Gasteiger partial charge in [-0.15, -0.1) is 56.7 Å². The number of aromatic nitrogens is 6. The van der Waals surface area contributed by atoms with Crippen molar-refractivity contribution in [3.8, 4) is 0 Å². The molecule has 0 aliphatic heterocycles. The number of hydrogen-bond donors (Lipinski definition) is 0. The first kappa shape index (κ1) is 65.5. The summed E-state index contributed by atoms with van der Waals surface area (Å²) in [5.74, 6) is 0. The predicted molar refractivity (Wildman–Crippen MR) is 404 cm³/mol. The van der Waals surface area contributed by atoms with Crippen LogP contribution in [-0.4, -0.2) is 29.9 Å². The van der Waals surface area contributed by atoms with Crippen molar-refractivity contribution in [3.05, 3.63) is 286 Å². The molecule has 6 nitrogen and oxygen atoms in total. The number of unbranched alkanes of at least 4 members (excludes halogenated alkanes) is 6. The van der Waals surface area contributed by atoms with Gasteiger partial charge in [-0.3, -0.25) is 0 Å². The molecule has 478 valence electrons. The normalized spacial score (nSPS) is 13.1. The Labute approximate surface area is 575 Å². The number of alkyl halides is 3. The Balaban J connectivity index is 0.000000132. The Morgan fingerprint density at radius 2 is 0.594 bits per heavy atom.